The van der Waals surface area contributed by atoms with Gasteiger partial charge in [-0.1, -0.05) is 12.8 Å². The summed E-state index contributed by atoms with van der Waals surface area (Å²) in [5, 5.41) is 2.08. The Kier molecular flexibility index (Phi) is 7.00. The fourth-order valence-corrected chi connectivity index (χ4v) is 3.70. The van der Waals surface area contributed by atoms with Crippen molar-refractivity contribution in [3.05, 3.63) is 21.9 Å². The van der Waals surface area contributed by atoms with Gasteiger partial charge < -0.3 is 10.6 Å². The minimum Gasteiger partial charge on any atom is -0.341 e. The van der Waals surface area contributed by atoms with Crippen LogP contribution in [0.1, 0.15) is 42.5 Å². The maximum Gasteiger partial charge on any atom is 0.222 e. The summed E-state index contributed by atoms with van der Waals surface area (Å²) in [4.78, 5) is 15.4. The number of amides is 1. The number of nitrogens with two attached hydrogens (primary N) is 1. The van der Waals surface area contributed by atoms with Crippen LogP contribution in [0.3, 0.4) is 0 Å². The highest BCUT2D eigenvalue weighted by molar-refractivity contribution is 7.10. The molecule has 2 N–H and O–H groups in total. The van der Waals surface area contributed by atoms with Gasteiger partial charge in [-0.15, -0.1) is 23.7 Å². The van der Waals surface area contributed by atoms with Crippen molar-refractivity contribution < 1.29 is 4.79 Å². The summed E-state index contributed by atoms with van der Waals surface area (Å²) in [5.74, 6) is 0.614. The summed E-state index contributed by atoms with van der Waals surface area (Å²) in [6, 6.07) is 2.32. The SMILES string of the molecule is Cc1ccsc1CN(C)C(=O)CC1CCCCC1N.Cl. The van der Waals surface area contributed by atoms with Crippen molar-refractivity contribution in [3.63, 3.8) is 0 Å². The van der Waals surface area contributed by atoms with Gasteiger partial charge >= 0.3 is 0 Å². The molecule has 3 nitrogen and oxygen atoms in total. The van der Waals surface area contributed by atoms with Crippen molar-refractivity contribution >= 4 is 29.7 Å². The van der Waals surface area contributed by atoms with Crippen LogP contribution in [0.4, 0.5) is 0 Å². The molecule has 0 radical (unpaired) electrons. The molecule has 2 unspecified atom stereocenters. The van der Waals surface area contributed by atoms with E-state index in [0.717, 1.165) is 19.4 Å². The van der Waals surface area contributed by atoms with Crippen LogP contribution in [0, 0.1) is 12.8 Å². The smallest absolute Gasteiger partial charge is 0.222 e. The summed E-state index contributed by atoms with van der Waals surface area (Å²) in [6.07, 6.45) is 5.24. The van der Waals surface area contributed by atoms with Crippen LogP contribution in [0.25, 0.3) is 0 Å². The van der Waals surface area contributed by atoms with Gasteiger partial charge in [-0.25, -0.2) is 0 Å². The normalized spacial score (nSPS) is 22.1. The van der Waals surface area contributed by atoms with Gasteiger partial charge in [-0.2, -0.15) is 0 Å². The molecule has 1 aromatic heterocycles. The van der Waals surface area contributed by atoms with Crippen molar-refractivity contribution in [3.8, 4) is 0 Å². The molecule has 1 aliphatic rings. The van der Waals surface area contributed by atoms with Crippen LogP contribution < -0.4 is 5.73 Å². The summed E-state index contributed by atoms with van der Waals surface area (Å²) < 4.78 is 0. The average molecular weight is 317 g/mol. The van der Waals surface area contributed by atoms with Gasteiger partial charge in [0.05, 0.1) is 6.54 Å². The van der Waals surface area contributed by atoms with Crippen molar-refractivity contribution in [2.75, 3.05) is 7.05 Å². The minimum atomic E-state index is 0. The second-order valence-electron chi connectivity index (χ2n) is 5.69. The largest absolute Gasteiger partial charge is 0.341 e. The summed E-state index contributed by atoms with van der Waals surface area (Å²) in [7, 11) is 1.90. The van der Waals surface area contributed by atoms with Crippen LogP contribution in [-0.2, 0) is 11.3 Å². The fraction of sp³-hybridized carbons (Fsp3) is 0.667. The second-order valence-corrected chi connectivity index (χ2v) is 6.69. The Morgan fingerprint density at radius 1 is 1.45 bits per heavy atom. The van der Waals surface area contributed by atoms with E-state index in [-0.39, 0.29) is 24.4 Å². The summed E-state index contributed by atoms with van der Waals surface area (Å²) in [6.45, 7) is 2.82. The molecule has 114 valence electrons. The van der Waals surface area contributed by atoms with Crippen molar-refractivity contribution in [1.29, 1.82) is 0 Å². The number of hydrogen-bond donors (Lipinski definition) is 1. The molecule has 2 atom stereocenters. The standard InChI is InChI=1S/C15H24N2OS.ClH/c1-11-7-8-19-14(11)10-17(2)15(18)9-12-5-3-4-6-13(12)16;/h7-8,12-13H,3-6,9-10,16H2,1-2H3;1H. The first-order valence-electron chi connectivity index (χ1n) is 7.10. The molecule has 0 aromatic carbocycles. The summed E-state index contributed by atoms with van der Waals surface area (Å²) >= 11 is 1.72. The summed E-state index contributed by atoms with van der Waals surface area (Å²) in [5.41, 5.74) is 7.40. The number of carbonyl (C=O) groups excluding carboxylic acids is 1. The highest BCUT2D eigenvalue weighted by Gasteiger charge is 2.25. The number of carbonyl (C=O) groups is 1. The van der Waals surface area contributed by atoms with Gasteiger partial charge in [0, 0.05) is 24.4 Å². The van der Waals surface area contributed by atoms with E-state index in [1.54, 1.807) is 11.3 Å². The number of hydrogen-bond acceptors (Lipinski definition) is 3. The zero-order valence-corrected chi connectivity index (χ0v) is 13.9. The first-order valence-corrected chi connectivity index (χ1v) is 7.98. The van der Waals surface area contributed by atoms with Crippen molar-refractivity contribution in [1.82, 2.24) is 4.90 Å². The molecule has 1 aromatic rings. The zero-order chi connectivity index (χ0) is 13.8. The Labute approximate surface area is 131 Å². The lowest BCUT2D eigenvalue weighted by atomic mass is 9.83. The minimum absolute atomic E-state index is 0. The fourth-order valence-electron chi connectivity index (χ4n) is 2.74. The van der Waals surface area contributed by atoms with Gasteiger partial charge in [-0.05, 0) is 42.7 Å². The third-order valence-electron chi connectivity index (χ3n) is 4.18. The predicted octanol–water partition coefficient (Wildman–Crippen LogP) is 3.34. The highest BCUT2D eigenvalue weighted by Crippen LogP contribution is 2.26. The van der Waals surface area contributed by atoms with Gasteiger partial charge in [0.2, 0.25) is 5.91 Å². The quantitative estimate of drug-likeness (QED) is 0.926. The van der Waals surface area contributed by atoms with Crippen LogP contribution in [0.2, 0.25) is 0 Å². The maximum atomic E-state index is 12.3. The molecule has 1 heterocycles. The molecule has 1 fully saturated rings. The van der Waals surface area contributed by atoms with Gasteiger partial charge in [0.1, 0.15) is 0 Å². The first kappa shape index (κ1) is 17.5. The Bertz CT molecular complexity index is 435. The third-order valence-corrected chi connectivity index (χ3v) is 5.19. The molecule has 1 aliphatic carbocycles. The molecule has 0 bridgehead atoms. The molecular formula is C15H25ClN2OS. The zero-order valence-electron chi connectivity index (χ0n) is 12.3. The number of rotatable bonds is 4. The lowest BCUT2D eigenvalue weighted by Crippen LogP contribution is -2.37. The number of halogens is 1. The van der Waals surface area contributed by atoms with Crippen LogP contribution in [0.15, 0.2) is 11.4 Å². The van der Waals surface area contributed by atoms with E-state index in [1.807, 2.05) is 11.9 Å². The van der Waals surface area contributed by atoms with E-state index in [2.05, 4.69) is 18.4 Å². The molecule has 1 amide bonds. The van der Waals surface area contributed by atoms with Crippen molar-refractivity contribution in [2.45, 2.75) is 51.6 Å². The topological polar surface area (TPSA) is 46.3 Å². The molecule has 5 heteroatoms. The lowest BCUT2D eigenvalue weighted by Gasteiger charge is -2.29. The molecule has 0 saturated heterocycles. The Hall–Kier alpha value is -0.580. The van der Waals surface area contributed by atoms with Gasteiger partial charge in [0.15, 0.2) is 0 Å². The highest BCUT2D eigenvalue weighted by atomic mass is 35.5. The lowest BCUT2D eigenvalue weighted by molar-refractivity contribution is -0.131. The first-order chi connectivity index (χ1) is 9.08. The number of nitrogens with zero attached hydrogens (tertiary/aromatic N) is 1. The van der Waals surface area contributed by atoms with E-state index >= 15 is 0 Å². The molecule has 20 heavy (non-hydrogen) atoms. The second kappa shape index (κ2) is 8.01. The van der Waals surface area contributed by atoms with E-state index in [0.29, 0.717) is 12.3 Å². The van der Waals surface area contributed by atoms with E-state index < -0.39 is 0 Å². The van der Waals surface area contributed by atoms with E-state index in [1.165, 1.54) is 23.3 Å². The van der Waals surface area contributed by atoms with Gasteiger partial charge in [-0.3, -0.25) is 4.79 Å². The van der Waals surface area contributed by atoms with E-state index in [9.17, 15) is 4.79 Å². The molecule has 0 spiro atoms. The van der Waals surface area contributed by atoms with Crippen LogP contribution >= 0.6 is 23.7 Å². The Morgan fingerprint density at radius 2 is 2.15 bits per heavy atom. The van der Waals surface area contributed by atoms with Crippen LogP contribution in [0.5, 0.6) is 0 Å². The monoisotopic (exact) mass is 316 g/mol. The third kappa shape index (κ3) is 4.47. The van der Waals surface area contributed by atoms with Crippen LogP contribution in [-0.4, -0.2) is 23.9 Å². The number of aryl methyl sites for hydroxylation is 1. The predicted molar refractivity (Wildman–Crippen MR) is 87.3 cm³/mol. The molecular weight excluding hydrogens is 292 g/mol. The van der Waals surface area contributed by atoms with E-state index in [4.69, 9.17) is 5.73 Å². The maximum absolute atomic E-state index is 12.3. The van der Waals surface area contributed by atoms with Gasteiger partial charge in [0.25, 0.3) is 0 Å². The molecule has 0 aliphatic heterocycles. The Morgan fingerprint density at radius 3 is 2.75 bits per heavy atom. The molecule has 2 rings (SSSR count). The Balaban J connectivity index is 0.00000200. The average Bonchev–Trinajstić information content (AvgIpc) is 2.78. The number of thiophene rings is 1. The molecule has 1 saturated carbocycles. The van der Waals surface area contributed by atoms with Crippen molar-refractivity contribution in [2.24, 2.45) is 11.7 Å².